The van der Waals surface area contributed by atoms with E-state index in [1.165, 1.54) is 5.56 Å². The number of nitrogens with zero attached hydrogens (tertiary/aromatic N) is 1. The summed E-state index contributed by atoms with van der Waals surface area (Å²) in [5.41, 5.74) is 9.88. The Morgan fingerprint density at radius 2 is 2.00 bits per heavy atom. The molecule has 0 bridgehead atoms. The number of nitrogen functional groups attached to an aromatic ring is 1. The van der Waals surface area contributed by atoms with E-state index in [9.17, 15) is 0 Å². The van der Waals surface area contributed by atoms with E-state index in [1.54, 1.807) is 0 Å². The number of ether oxygens (including phenoxy) is 1. The summed E-state index contributed by atoms with van der Waals surface area (Å²) in [4.78, 5) is 4.61. The lowest BCUT2D eigenvalue weighted by molar-refractivity contribution is 0.341. The molecular weight excluding hydrogens is 212 g/mol. The first-order chi connectivity index (χ1) is 8.15. The molecule has 0 unspecified atom stereocenters. The van der Waals surface area contributed by atoms with Crippen molar-refractivity contribution in [2.45, 2.75) is 27.2 Å². The molecule has 2 N–H and O–H groups in total. The predicted octanol–water partition coefficient (Wildman–Crippen LogP) is 3.09. The first kappa shape index (κ1) is 11.7. The molecule has 0 aliphatic heterocycles. The minimum atomic E-state index is 0.643. The van der Waals surface area contributed by atoms with Crippen molar-refractivity contribution in [3.63, 3.8) is 0 Å². The molecule has 0 atom stereocenters. The topological polar surface area (TPSA) is 48.1 Å². The molecule has 3 nitrogen and oxygen atoms in total. The minimum Gasteiger partial charge on any atom is -0.494 e. The fourth-order valence-electron chi connectivity index (χ4n) is 2.04. The Bertz CT molecular complexity index is 549. The predicted molar refractivity (Wildman–Crippen MR) is 71.4 cm³/mol. The van der Waals surface area contributed by atoms with Crippen LogP contribution < -0.4 is 10.5 Å². The van der Waals surface area contributed by atoms with Gasteiger partial charge in [0, 0.05) is 17.1 Å². The minimum absolute atomic E-state index is 0.643. The molecule has 0 radical (unpaired) electrons. The van der Waals surface area contributed by atoms with Crippen LogP contribution in [0.15, 0.2) is 18.2 Å². The number of aryl methyl sites for hydroxylation is 2. The third-order valence-electron chi connectivity index (χ3n) is 2.86. The van der Waals surface area contributed by atoms with Gasteiger partial charge in [-0.05, 0) is 38.0 Å². The Kier molecular flexibility index (Phi) is 3.18. The molecule has 0 amide bonds. The molecule has 90 valence electrons. The smallest absolute Gasteiger partial charge is 0.122 e. The molecule has 3 heteroatoms. The van der Waals surface area contributed by atoms with Crippen LogP contribution in [-0.2, 0) is 6.42 Å². The van der Waals surface area contributed by atoms with Gasteiger partial charge in [0.15, 0.2) is 0 Å². The summed E-state index contributed by atoms with van der Waals surface area (Å²) >= 11 is 0. The molecule has 2 rings (SSSR count). The molecule has 2 aromatic rings. The van der Waals surface area contributed by atoms with Crippen LogP contribution in [0.25, 0.3) is 10.9 Å². The van der Waals surface area contributed by atoms with Crippen LogP contribution in [-0.4, -0.2) is 11.6 Å². The van der Waals surface area contributed by atoms with E-state index in [0.29, 0.717) is 12.3 Å². The summed E-state index contributed by atoms with van der Waals surface area (Å²) in [6.07, 6.45) is 0.925. The standard InChI is InChI=1S/C14H18N2O/c1-4-13-9(3)6-10-7-11(17-5-2)8-12(15)14(10)16-13/h6-8H,4-5,15H2,1-3H3. The Balaban J connectivity index is 2.64. The van der Waals surface area contributed by atoms with Crippen molar-refractivity contribution in [3.05, 3.63) is 29.5 Å². The van der Waals surface area contributed by atoms with Crippen molar-refractivity contribution >= 4 is 16.6 Å². The summed E-state index contributed by atoms with van der Waals surface area (Å²) in [5.74, 6) is 0.808. The van der Waals surface area contributed by atoms with Gasteiger partial charge in [-0.25, -0.2) is 0 Å². The second-order valence-corrected chi connectivity index (χ2v) is 4.12. The average molecular weight is 230 g/mol. The van der Waals surface area contributed by atoms with Crippen molar-refractivity contribution in [1.29, 1.82) is 0 Å². The van der Waals surface area contributed by atoms with Crippen LogP contribution in [0, 0.1) is 6.92 Å². The second-order valence-electron chi connectivity index (χ2n) is 4.12. The van der Waals surface area contributed by atoms with E-state index < -0.39 is 0 Å². The Labute approximate surface area is 102 Å². The molecule has 1 aromatic heterocycles. The summed E-state index contributed by atoms with van der Waals surface area (Å²) in [6.45, 7) is 6.79. The maximum Gasteiger partial charge on any atom is 0.122 e. The highest BCUT2D eigenvalue weighted by atomic mass is 16.5. The Hall–Kier alpha value is -1.77. The van der Waals surface area contributed by atoms with Gasteiger partial charge in [-0.2, -0.15) is 0 Å². The van der Waals surface area contributed by atoms with Crippen LogP contribution in [0.5, 0.6) is 5.75 Å². The third kappa shape index (κ3) is 2.18. The quantitative estimate of drug-likeness (QED) is 0.824. The summed E-state index contributed by atoms with van der Waals surface area (Å²) in [7, 11) is 0. The highest BCUT2D eigenvalue weighted by molar-refractivity contribution is 5.91. The van der Waals surface area contributed by atoms with Crippen molar-refractivity contribution < 1.29 is 4.74 Å². The number of nitrogens with two attached hydrogens (primary N) is 1. The van der Waals surface area contributed by atoms with Crippen molar-refractivity contribution in [3.8, 4) is 5.75 Å². The molecule has 0 aliphatic carbocycles. The van der Waals surface area contributed by atoms with E-state index in [1.807, 2.05) is 19.1 Å². The monoisotopic (exact) mass is 230 g/mol. The lowest BCUT2D eigenvalue weighted by Crippen LogP contribution is -1.98. The molecule has 0 aliphatic rings. The SMILES string of the molecule is CCOc1cc(N)c2nc(CC)c(C)cc2c1. The van der Waals surface area contributed by atoms with Crippen LogP contribution in [0.1, 0.15) is 25.1 Å². The molecule has 0 saturated carbocycles. The van der Waals surface area contributed by atoms with E-state index in [-0.39, 0.29) is 0 Å². The lowest BCUT2D eigenvalue weighted by Gasteiger charge is -2.10. The Morgan fingerprint density at radius 1 is 1.24 bits per heavy atom. The van der Waals surface area contributed by atoms with Gasteiger partial charge in [0.25, 0.3) is 0 Å². The zero-order valence-electron chi connectivity index (χ0n) is 10.6. The molecule has 0 saturated heterocycles. The maximum atomic E-state index is 6.02. The summed E-state index contributed by atoms with van der Waals surface area (Å²) in [6, 6.07) is 5.96. The van der Waals surface area contributed by atoms with E-state index in [2.05, 4.69) is 24.9 Å². The number of benzene rings is 1. The van der Waals surface area contributed by atoms with Crippen molar-refractivity contribution in [2.75, 3.05) is 12.3 Å². The maximum absolute atomic E-state index is 6.02. The largest absolute Gasteiger partial charge is 0.494 e. The van der Waals surface area contributed by atoms with Gasteiger partial charge >= 0.3 is 0 Å². The van der Waals surface area contributed by atoms with E-state index in [4.69, 9.17) is 10.5 Å². The number of rotatable bonds is 3. The second kappa shape index (κ2) is 4.62. The van der Waals surface area contributed by atoms with Crippen LogP contribution in [0.4, 0.5) is 5.69 Å². The van der Waals surface area contributed by atoms with Gasteiger partial charge in [0.2, 0.25) is 0 Å². The van der Waals surface area contributed by atoms with Crippen LogP contribution in [0.2, 0.25) is 0 Å². The highest BCUT2D eigenvalue weighted by Gasteiger charge is 2.07. The van der Waals surface area contributed by atoms with Crippen LogP contribution in [0.3, 0.4) is 0 Å². The van der Waals surface area contributed by atoms with Gasteiger partial charge in [-0.1, -0.05) is 6.92 Å². The average Bonchev–Trinajstić information content (AvgIpc) is 2.28. The van der Waals surface area contributed by atoms with Gasteiger partial charge in [0.1, 0.15) is 5.75 Å². The lowest BCUT2D eigenvalue weighted by atomic mass is 10.1. The molecule has 1 aromatic carbocycles. The molecule has 17 heavy (non-hydrogen) atoms. The Morgan fingerprint density at radius 3 is 2.65 bits per heavy atom. The number of hydrogen-bond donors (Lipinski definition) is 1. The highest BCUT2D eigenvalue weighted by Crippen LogP contribution is 2.27. The first-order valence-corrected chi connectivity index (χ1v) is 5.98. The number of pyridine rings is 1. The third-order valence-corrected chi connectivity index (χ3v) is 2.86. The number of aromatic nitrogens is 1. The van der Waals surface area contributed by atoms with Gasteiger partial charge < -0.3 is 10.5 Å². The van der Waals surface area contributed by atoms with Gasteiger partial charge in [-0.3, -0.25) is 4.98 Å². The van der Waals surface area contributed by atoms with E-state index >= 15 is 0 Å². The zero-order valence-corrected chi connectivity index (χ0v) is 10.6. The molecular formula is C14H18N2O. The fraction of sp³-hybridized carbons (Fsp3) is 0.357. The van der Waals surface area contributed by atoms with Crippen LogP contribution >= 0.6 is 0 Å². The number of fused-ring (bicyclic) bond motifs is 1. The molecule has 0 fully saturated rings. The van der Waals surface area contributed by atoms with Gasteiger partial charge in [0.05, 0.1) is 17.8 Å². The zero-order chi connectivity index (χ0) is 12.4. The van der Waals surface area contributed by atoms with Crippen molar-refractivity contribution in [1.82, 2.24) is 4.98 Å². The first-order valence-electron chi connectivity index (χ1n) is 5.98. The molecule has 1 heterocycles. The van der Waals surface area contributed by atoms with Crippen molar-refractivity contribution in [2.24, 2.45) is 0 Å². The summed E-state index contributed by atoms with van der Waals surface area (Å²) < 4.78 is 5.48. The number of hydrogen-bond acceptors (Lipinski definition) is 3. The number of anilines is 1. The summed E-state index contributed by atoms with van der Waals surface area (Å²) in [5, 5.41) is 1.04. The normalized spacial score (nSPS) is 10.8. The molecule has 0 spiro atoms. The van der Waals surface area contributed by atoms with Gasteiger partial charge in [-0.15, -0.1) is 0 Å². The van der Waals surface area contributed by atoms with E-state index in [0.717, 1.165) is 28.8 Å². The fourth-order valence-corrected chi connectivity index (χ4v) is 2.04.